The molecular formula is C15H27IN4O. The topological polar surface area (TPSA) is 30.0 Å². The average molecular weight is 406 g/mol. The zero-order valence-electron chi connectivity index (χ0n) is 13.2. The van der Waals surface area contributed by atoms with Crippen LogP contribution in [0.25, 0.3) is 0 Å². The Bertz CT molecular complexity index is 370. The monoisotopic (exact) mass is 406 g/mol. The second-order valence-electron chi connectivity index (χ2n) is 7.17. The molecule has 5 nitrogen and oxygen atoms in total. The van der Waals surface area contributed by atoms with E-state index >= 15 is 0 Å². The maximum atomic E-state index is 11.9. The number of likely N-dealkylation sites (tertiary alicyclic amines) is 2. The van der Waals surface area contributed by atoms with E-state index < -0.39 is 0 Å². The molecule has 3 heterocycles. The van der Waals surface area contributed by atoms with Gasteiger partial charge < -0.3 is 14.7 Å². The standard InChI is InChI=1S/C15H27IN4O/c1-17(2)15(21)19-5-3-12(4-6-19)7-18-8-13-10-20(16)11-14(13)9-18/h12-14H,3-11H2,1-2H3/t13-,14+. The van der Waals surface area contributed by atoms with E-state index in [0.29, 0.717) is 0 Å². The van der Waals surface area contributed by atoms with Crippen LogP contribution >= 0.6 is 22.9 Å². The van der Waals surface area contributed by atoms with Crippen LogP contribution < -0.4 is 0 Å². The number of nitrogens with zero attached hydrogens (tertiary/aromatic N) is 4. The largest absolute Gasteiger partial charge is 0.331 e. The van der Waals surface area contributed by atoms with Crippen molar-refractivity contribution < 1.29 is 4.79 Å². The zero-order chi connectivity index (χ0) is 15.0. The Hall–Kier alpha value is -0.0800. The Labute approximate surface area is 142 Å². The fourth-order valence-electron chi connectivity index (χ4n) is 4.14. The predicted molar refractivity (Wildman–Crippen MR) is 92.4 cm³/mol. The molecule has 3 aliphatic rings. The highest BCUT2D eigenvalue weighted by Gasteiger charge is 2.39. The molecule has 3 aliphatic heterocycles. The fourth-order valence-corrected chi connectivity index (χ4v) is 5.15. The lowest BCUT2D eigenvalue weighted by atomic mass is 9.96. The van der Waals surface area contributed by atoms with Gasteiger partial charge in [-0.3, -0.25) is 0 Å². The summed E-state index contributed by atoms with van der Waals surface area (Å²) in [5.41, 5.74) is 0. The zero-order valence-corrected chi connectivity index (χ0v) is 15.3. The van der Waals surface area contributed by atoms with Gasteiger partial charge in [-0.05, 0) is 30.6 Å². The molecule has 0 aliphatic carbocycles. The third kappa shape index (κ3) is 3.64. The van der Waals surface area contributed by atoms with Crippen LogP contribution in [0.3, 0.4) is 0 Å². The summed E-state index contributed by atoms with van der Waals surface area (Å²) in [6.45, 7) is 8.25. The normalized spacial score (nSPS) is 31.7. The lowest BCUT2D eigenvalue weighted by Gasteiger charge is -2.35. The van der Waals surface area contributed by atoms with E-state index in [0.717, 1.165) is 30.8 Å². The van der Waals surface area contributed by atoms with E-state index in [1.807, 2.05) is 19.0 Å². The van der Waals surface area contributed by atoms with Crippen molar-refractivity contribution in [3.05, 3.63) is 0 Å². The van der Waals surface area contributed by atoms with Crippen LogP contribution in [-0.2, 0) is 0 Å². The second kappa shape index (κ2) is 6.58. The third-order valence-electron chi connectivity index (χ3n) is 5.30. The average Bonchev–Trinajstić information content (AvgIpc) is 2.95. The van der Waals surface area contributed by atoms with Crippen LogP contribution in [0.2, 0.25) is 0 Å². The van der Waals surface area contributed by atoms with Crippen molar-refractivity contribution in [1.29, 1.82) is 0 Å². The van der Waals surface area contributed by atoms with E-state index in [2.05, 4.69) is 30.9 Å². The van der Waals surface area contributed by atoms with Crippen molar-refractivity contribution in [2.24, 2.45) is 17.8 Å². The molecule has 21 heavy (non-hydrogen) atoms. The van der Waals surface area contributed by atoms with Gasteiger partial charge in [-0.2, -0.15) is 0 Å². The summed E-state index contributed by atoms with van der Waals surface area (Å²) in [5.74, 6) is 2.58. The van der Waals surface area contributed by atoms with Gasteiger partial charge in [0, 0.05) is 82.8 Å². The third-order valence-corrected chi connectivity index (χ3v) is 6.09. The Balaban J connectivity index is 1.41. The van der Waals surface area contributed by atoms with Crippen molar-refractivity contribution in [3.63, 3.8) is 0 Å². The highest BCUT2D eigenvalue weighted by molar-refractivity contribution is 14.1. The van der Waals surface area contributed by atoms with Gasteiger partial charge >= 0.3 is 6.03 Å². The van der Waals surface area contributed by atoms with Crippen LogP contribution in [0, 0.1) is 17.8 Å². The molecule has 0 aromatic carbocycles. The number of piperidine rings is 1. The van der Waals surface area contributed by atoms with Gasteiger partial charge in [0.2, 0.25) is 0 Å². The van der Waals surface area contributed by atoms with E-state index in [-0.39, 0.29) is 6.03 Å². The highest BCUT2D eigenvalue weighted by atomic mass is 127. The molecule has 0 bridgehead atoms. The molecule has 2 atom stereocenters. The maximum Gasteiger partial charge on any atom is 0.319 e. The van der Waals surface area contributed by atoms with Crippen molar-refractivity contribution in [1.82, 2.24) is 17.8 Å². The lowest BCUT2D eigenvalue weighted by Crippen LogP contribution is -2.45. The van der Waals surface area contributed by atoms with Gasteiger partial charge in [-0.1, -0.05) is 0 Å². The predicted octanol–water partition coefficient (Wildman–Crippen LogP) is 1.59. The summed E-state index contributed by atoms with van der Waals surface area (Å²) in [4.78, 5) is 18.3. The van der Waals surface area contributed by atoms with Crippen molar-refractivity contribution in [2.45, 2.75) is 12.8 Å². The molecule has 0 saturated carbocycles. The van der Waals surface area contributed by atoms with Gasteiger partial charge in [-0.25, -0.2) is 7.91 Å². The Morgan fingerprint density at radius 1 is 1.10 bits per heavy atom. The minimum absolute atomic E-state index is 0.172. The number of amides is 2. The van der Waals surface area contributed by atoms with E-state index in [4.69, 9.17) is 0 Å². The first-order chi connectivity index (χ1) is 10.0. The SMILES string of the molecule is CN(C)C(=O)N1CCC(CN2C[C@H]3CN(I)C[C@H]3C2)CC1. The number of halogens is 1. The van der Waals surface area contributed by atoms with Crippen molar-refractivity contribution in [3.8, 4) is 0 Å². The molecule has 3 saturated heterocycles. The molecule has 0 unspecified atom stereocenters. The number of fused-ring (bicyclic) bond motifs is 1. The van der Waals surface area contributed by atoms with Crippen LogP contribution in [-0.4, -0.2) is 83.8 Å². The molecule has 3 rings (SSSR count). The van der Waals surface area contributed by atoms with E-state index in [1.54, 1.807) is 4.90 Å². The number of rotatable bonds is 2. The minimum atomic E-state index is 0.172. The van der Waals surface area contributed by atoms with Crippen LogP contribution in [0.15, 0.2) is 0 Å². The number of hydrogen-bond donors (Lipinski definition) is 0. The quantitative estimate of drug-likeness (QED) is 0.516. The lowest BCUT2D eigenvalue weighted by molar-refractivity contribution is 0.134. The van der Waals surface area contributed by atoms with Gasteiger partial charge in [0.1, 0.15) is 0 Å². The molecule has 0 radical (unpaired) electrons. The highest BCUT2D eigenvalue weighted by Crippen LogP contribution is 2.33. The Morgan fingerprint density at radius 3 is 2.19 bits per heavy atom. The molecule has 120 valence electrons. The Morgan fingerprint density at radius 2 is 1.67 bits per heavy atom. The van der Waals surface area contributed by atoms with Crippen LogP contribution in [0.1, 0.15) is 12.8 Å². The summed E-state index contributed by atoms with van der Waals surface area (Å²) in [5, 5.41) is 0. The molecule has 0 N–H and O–H groups in total. The first kappa shape index (κ1) is 15.8. The van der Waals surface area contributed by atoms with Crippen molar-refractivity contribution >= 4 is 28.9 Å². The summed E-state index contributed by atoms with van der Waals surface area (Å²) >= 11 is 2.47. The summed E-state index contributed by atoms with van der Waals surface area (Å²) in [6.07, 6.45) is 2.34. The summed E-state index contributed by atoms with van der Waals surface area (Å²) < 4.78 is 2.45. The molecule has 0 spiro atoms. The number of carbonyl (C=O) groups is 1. The first-order valence-electron chi connectivity index (χ1n) is 8.12. The number of urea groups is 1. The molecule has 2 amide bonds. The van der Waals surface area contributed by atoms with Gasteiger partial charge in [0.05, 0.1) is 0 Å². The molecule has 0 aromatic heterocycles. The smallest absolute Gasteiger partial charge is 0.319 e. The second-order valence-corrected chi connectivity index (χ2v) is 8.54. The summed E-state index contributed by atoms with van der Waals surface area (Å²) in [6, 6.07) is 0.172. The van der Waals surface area contributed by atoms with E-state index in [1.165, 1.54) is 45.6 Å². The summed E-state index contributed by atoms with van der Waals surface area (Å²) in [7, 11) is 3.68. The number of carbonyl (C=O) groups excluding carboxylic acids is 1. The molecule has 3 fully saturated rings. The van der Waals surface area contributed by atoms with Crippen LogP contribution in [0.4, 0.5) is 4.79 Å². The Kier molecular flexibility index (Phi) is 4.95. The van der Waals surface area contributed by atoms with Crippen LogP contribution in [0.5, 0.6) is 0 Å². The van der Waals surface area contributed by atoms with E-state index in [9.17, 15) is 4.79 Å². The van der Waals surface area contributed by atoms with Crippen molar-refractivity contribution in [2.75, 3.05) is 59.9 Å². The minimum Gasteiger partial charge on any atom is -0.331 e. The number of hydrogen-bond acceptors (Lipinski definition) is 3. The fraction of sp³-hybridized carbons (Fsp3) is 0.933. The van der Waals surface area contributed by atoms with Gasteiger partial charge in [0.25, 0.3) is 0 Å². The first-order valence-corrected chi connectivity index (χ1v) is 9.08. The molecular weight excluding hydrogens is 379 g/mol. The van der Waals surface area contributed by atoms with Gasteiger partial charge in [-0.15, -0.1) is 0 Å². The van der Waals surface area contributed by atoms with Gasteiger partial charge in [0.15, 0.2) is 0 Å². The molecule has 6 heteroatoms. The maximum absolute atomic E-state index is 11.9. The molecule has 0 aromatic rings.